The fourth-order valence-electron chi connectivity index (χ4n) is 2.36. The van der Waals surface area contributed by atoms with Crippen LogP contribution in [0, 0.1) is 0 Å². The number of hydrogen-bond acceptors (Lipinski definition) is 1. The molecule has 0 aliphatic heterocycles. The molecule has 0 bridgehead atoms. The van der Waals surface area contributed by atoms with Crippen LogP contribution < -0.4 is 0 Å². The first kappa shape index (κ1) is 7.78. The van der Waals surface area contributed by atoms with Gasteiger partial charge in [-0.25, -0.2) is 0 Å². The molecular formula is C11H14O. The first-order chi connectivity index (χ1) is 5.70. The smallest absolute Gasteiger partial charge is 0.163 e. The molecule has 0 aromatic heterocycles. The molecular weight excluding hydrogens is 148 g/mol. The van der Waals surface area contributed by atoms with Crippen molar-refractivity contribution >= 4 is 5.78 Å². The lowest BCUT2D eigenvalue weighted by Gasteiger charge is -2.15. The van der Waals surface area contributed by atoms with Crippen LogP contribution in [0.5, 0.6) is 0 Å². The molecule has 0 aromatic rings. The maximum absolute atomic E-state index is 11.5. The minimum atomic E-state index is 0.380. The van der Waals surface area contributed by atoms with Gasteiger partial charge in [0.1, 0.15) is 0 Å². The zero-order chi connectivity index (χ0) is 8.72. The second-order valence-corrected chi connectivity index (χ2v) is 3.87. The standard InChI is InChI=1S/C11H14O/c1-7-6-8(2)11-9(7)4-3-5-10(11)12/h3-6H2,1-2H3. The third-order valence-electron chi connectivity index (χ3n) is 2.88. The van der Waals surface area contributed by atoms with Crippen molar-refractivity contribution in [2.75, 3.05) is 0 Å². The summed E-state index contributed by atoms with van der Waals surface area (Å²) in [7, 11) is 0. The van der Waals surface area contributed by atoms with Gasteiger partial charge in [0, 0.05) is 12.0 Å². The quantitative estimate of drug-likeness (QED) is 0.535. The lowest BCUT2D eigenvalue weighted by molar-refractivity contribution is -0.115. The summed E-state index contributed by atoms with van der Waals surface area (Å²) in [5.74, 6) is 0.380. The molecule has 2 aliphatic carbocycles. The lowest BCUT2D eigenvalue weighted by Crippen LogP contribution is -2.10. The molecule has 0 aromatic carbocycles. The van der Waals surface area contributed by atoms with Gasteiger partial charge >= 0.3 is 0 Å². The first-order valence-corrected chi connectivity index (χ1v) is 4.62. The molecule has 2 aliphatic rings. The molecule has 0 atom stereocenters. The van der Waals surface area contributed by atoms with Crippen molar-refractivity contribution in [3.8, 4) is 0 Å². The Morgan fingerprint density at radius 2 is 1.83 bits per heavy atom. The molecule has 64 valence electrons. The number of carbonyl (C=O) groups excluding carboxylic acids is 1. The van der Waals surface area contributed by atoms with Crippen molar-refractivity contribution in [2.45, 2.75) is 39.5 Å². The summed E-state index contributed by atoms with van der Waals surface area (Å²) in [6.07, 6.45) is 3.99. The highest BCUT2D eigenvalue weighted by atomic mass is 16.1. The molecule has 0 heterocycles. The van der Waals surface area contributed by atoms with Crippen LogP contribution in [-0.2, 0) is 4.79 Å². The Kier molecular flexibility index (Phi) is 1.67. The van der Waals surface area contributed by atoms with Crippen LogP contribution in [0.15, 0.2) is 22.3 Å². The van der Waals surface area contributed by atoms with E-state index in [1.807, 2.05) is 0 Å². The van der Waals surface area contributed by atoms with E-state index in [0.717, 1.165) is 31.3 Å². The Morgan fingerprint density at radius 1 is 1.08 bits per heavy atom. The first-order valence-electron chi connectivity index (χ1n) is 4.62. The highest BCUT2D eigenvalue weighted by Crippen LogP contribution is 2.38. The fourth-order valence-corrected chi connectivity index (χ4v) is 2.36. The summed E-state index contributed by atoms with van der Waals surface area (Å²) in [6.45, 7) is 4.25. The van der Waals surface area contributed by atoms with Crippen molar-refractivity contribution in [1.82, 2.24) is 0 Å². The molecule has 12 heavy (non-hydrogen) atoms. The summed E-state index contributed by atoms with van der Waals surface area (Å²) >= 11 is 0. The number of carbonyl (C=O) groups is 1. The largest absolute Gasteiger partial charge is 0.294 e. The van der Waals surface area contributed by atoms with Crippen LogP contribution in [0.2, 0.25) is 0 Å². The third-order valence-corrected chi connectivity index (χ3v) is 2.88. The van der Waals surface area contributed by atoms with Crippen LogP contribution in [0.1, 0.15) is 39.5 Å². The maximum atomic E-state index is 11.5. The summed E-state index contributed by atoms with van der Waals surface area (Å²) < 4.78 is 0. The average molecular weight is 162 g/mol. The minimum Gasteiger partial charge on any atom is -0.294 e. The van der Waals surface area contributed by atoms with Crippen LogP contribution in [0.4, 0.5) is 0 Å². The Balaban J connectivity index is 2.47. The van der Waals surface area contributed by atoms with E-state index >= 15 is 0 Å². The van der Waals surface area contributed by atoms with Crippen LogP contribution in [0.3, 0.4) is 0 Å². The molecule has 2 rings (SSSR count). The van der Waals surface area contributed by atoms with Gasteiger partial charge in [0.05, 0.1) is 0 Å². The molecule has 1 heteroatoms. The van der Waals surface area contributed by atoms with Gasteiger partial charge in [-0.15, -0.1) is 0 Å². The van der Waals surface area contributed by atoms with Crippen molar-refractivity contribution in [2.24, 2.45) is 0 Å². The Bertz CT molecular complexity index is 305. The van der Waals surface area contributed by atoms with E-state index < -0.39 is 0 Å². The van der Waals surface area contributed by atoms with Gasteiger partial charge in [0.15, 0.2) is 5.78 Å². The van der Waals surface area contributed by atoms with Crippen molar-refractivity contribution in [3.05, 3.63) is 22.3 Å². The fraction of sp³-hybridized carbons (Fsp3) is 0.545. The Hall–Kier alpha value is -0.850. The summed E-state index contributed by atoms with van der Waals surface area (Å²) in [5.41, 5.74) is 5.17. The number of Topliss-reactive ketones (excluding diaryl/α,β-unsaturated/α-hetero) is 1. The Morgan fingerprint density at radius 3 is 2.50 bits per heavy atom. The van der Waals surface area contributed by atoms with Gasteiger partial charge in [-0.2, -0.15) is 0 Å². The highest BCUT2D eigenvalue weighted by Gasteiger charge is 2.27. The third kappa shape index (κ3) is 0.961. The normalized spacial score (nSPS) is 23.7. The number of fused-ring (bicyclic) bond motifs is 1. The molecule has 0 N–H and O–H groups in total. The van der Waals surface area contributed by atoms with E-state index in [-0.39, 0.29) is 0 Å². The summed E-state index contributed by atoms with van der Waals surface area (Å²) in [4.78, 5) is 11.5. The second kappa shape index (κ2) is 2.58. The van der Waals surface area contributed by atoms with Gasteiger partial charge in [0.2, 0.25) is 0 Å². The molecule has 1 nitrogen and oxygen atoms in total. The van der Waals surface area contributed by atoms with E-state index in [1.165, 1.54) is 16.7 Å². The van der Waals surface area contributed by atoms with Gasteiger partial charge in [-0.05, 0) is 38.7 Å². The summed E-state index contributed by atoms with van der Waals surface area (Å²) in [5, 5.41) is 0. The van der Waals surface area contributed by atoms with Gasteiger partial charge in [0.25, 0.3) is 0 Å². The molecule has 0 spiro atoms. The Labute approximate surface area is 73.2 Å². The molecule has 0 saturated heterocycles. The molecule has 1 fully saturated rings. The molecule has 0 radical (unpaired) electrons. The van der Waals surface area contributed by atoms with Crippen LogP contribution in [-0.4, -0.2) is 5.78 Å². The van der Waals surface area contributed by atoms with E-state index in [1.54, 1.807) is 0 Å². The number of allylic oxidation sites excluding steroid dienone is 4. The maximum Gasteiger partial charge on any atom is 0.163 e. The number of rotatable bonds is 0. The van der Waals surface area contributed by atoms with Crippen LogP contribution >= 0.6 is 0 Å². The van der Waals surface area contributed by atoms with E-state index in [0.29, 0.717) is 5.78 Å². The zero-order valence-electron chi connectivity index (χ0n) is 7.74. The van der Waals surface area contributed by atoms with Crippen molar-refractivity contribution in [3.63, 3.8) is 0 Å². The average Bonchev–Trinajstić information content (AvgIpc) is 2.29. The molecule has 1 saturated carbocycles. The highest BCUT2D eigenvalue weighted by molar-refractivity contribution is 6.02. The minimum absolute atomic E-state index is 0.380. The number of ketones is 1. The van der Waals surface area contributed by atoms with Gasteiger partial charge in [-0.1, -0.05) is 11.1 Å². The van der Waals surface area contributed by atoms with Crippen molar-refractivity contribution in [1.29, 1.82) is 0 Å². The lowest BCUT2D eigenvalue weighted by atomic mass is 9.88. The van der Waals surface area contributed by atoms with E-state index in [9.17, 15) is 4.79 Å². The zero-order valence-corrected chi connectivity index (χ0v) is 7.74. The second-order valence-electron chi connectivity index (χ2n) is 3.87. The summed E-state index contributed by atoms with van der Waals surface area (Å²) in [6, 6.07) is 0. The topological polar surface area (TPSA) is 17.1 Å². The van der Waals surface area contributed by atoms with E-state index in [4.69, 9.17) is 0 Å². The van der Waals surface area contributed by atoms with Crippen LogP contribution in [0.25, 0.3) is 0 Å². The van der Waals surface area contributed by atoms with Crippen molar-refractivity contribution < 1.29 is 4.79 Å². The molecule has 0 unspecified atom stereocenters. The molecule has 0 amide bonds. The predicted octanol–water partition coefficient (Wildman–Crippen LogP) is 2.78. The van der Waals surface area contributed by atoms with Gasteiger partial charge < -0.3 is 0 Å². The van der Waals surface area contributed by atoms with Gasteiger partial charge in [-0.3, -0.25) is 4.79 Å². The number of hydrogen-bond donors (Lipinski definition) is 0. The predicted molar refractivity (Wildman–Crippen MR) is 48.9 cm³/mol. The monoisotopic (exact) mass is 162 g/mol. The SMILES string of the molecule is CC1=C2CCCC(=O)C2=C(C)C1. The van der Waals surface area contributed by atoms with E-state index in [2.05, 4.69) is 13.8 Å².